The standard InChI is InChI=1S/C29H9F34N3/c1-66-11-7-8(14(30,31)16(34,35)18(38,39)20(42,43)22(46,47)24(50,51)26(54,55)28(58,59)60)6-9(12(11)65-13(66)10-4-2-3-5-64-10)15(32,33)17(36,37)19(40,41)21(44,45)23(48,49)25(52,53)27(56,57)29(61,62)63/h2-7H,1H3. The van der Waals surface area contributed by atoms with Gasteiger partial charge >= 0.3 is 95.3 Å². The van der Waals surface area contributed by atoms with Crippen molar-refractivity contribution in [3.63, 3.8) is 0 Å². The van der Waals surface area contributed by atoms with Crippen molar-refractivity contribution >= 4 is 11.0 Å². The molecule has 3 rings (SSSR count). The van der Waals surface area contributed by atoms with E-state index in [4.69, 9.17) is 0 Å². The summed E-state index contributed by atoms with van der Waals surface area (Å²) in [6.07, 6.45) is -15.9. The smallest absolute Gasteiger partial charge is 0.326 e. The molecule has 3 aromatic rings. The largest absolute Gasteiger partial charge is 0.460 e. The summed E-state index contributed by atoms with van der Waals surface area (Å²) in [5.74, 6) is -128. The predicted octanol–water partition coefficient (Wildman–Crippen LogP) is 13.6. The summed E-state index contributed by atoms with van der Waals surface area (Å²) in [5, 5.41) is 0. The summed E-state index contributed by atoms with van der Waals surface area (Å²) < 4.78 is 477. The fraction of sp³-hybridized carbons (Fsp3) is 0.586. The summed E-state index contributed by atoms with van der Waals surface area (Å²) in [6.45, 7) is 0. The van der Waals surface area contributed by atoms with Crippen LogP contribution in [0.15, 0.2) is 36.5 Å². The highest BCUT2D eigenvalue weighted by atomic mass is 19.4. The normalized spacial score (nSPS) is 16.1. The minimum Gasteiger partial charge on any atom is -0.326 e. The van der Waals surface area contributed by atoms with E-state index in [-0.39, 0.29) is 11.6 Å². The van der Waals surface area contributed by atoms with Gasteiger partial charge < -0.3 is 4.57 Å². The van der Waals surface area contributed by atoms with Crippen LogP contribution in [0.5, 0.6) is 0 Å². The van der Waals surface area contributed by atoms with Crippen LogP contribution in [0, 0.1) is 0 Å². The molecule has 66 heavy (non-hydrogen) atoms. The van der Waals surface area contributed by atoms with Crippen molar-refractivity contribution in [3.05, 3.63) is 47.7 Å². The lowest BCUT2D eigenvalue weighted by Crippen LogP contribution is -2.74. The third-order valence-corrected chi connectivity index (χ3v) is 9.03. The van der Waals surface area contributed by atoms with Crippen LogP contribution < -0.4 is 0 Å². The first-order chi connectivity index (χ1) is 28.6. The van der Waals surface area contributed by atoms with Crippen LogP contribution in [-0.2, 0) is 18.9 Å². The van der Waals surface area contributed by atoms with E-state index < -0.39 is 141 Å². The van der Waals surface area contributed by atoms with Crippen LogP contribution in [0.1, 0.15) is 11.1 Å². The lowest BCUT2D eigenvalue weighted by Gasteiger charge is -2.43. The second-order valence-corrected chi connectivity index (χ2v) is 13.1. The van der Waals surface area contributed by atoms with E-state index in [2.05, 4.69) is 9.97 Å². The van der Waals surface area contributed by atoms with Crippen molar-refractivity contribution in [2.75, 3.05) is 0 Å². The lowest BCUT2D eigenvalue weighted by molar-refractivity contribution is -0.463. The van der Waals surface area contributed by atoms with Gasteiger partial charge in [-0.1, -0.05) is 6.07 Å². The number of fused-ring (bicyclic) bond motifs is 1. The number of alkyl halides is 34. The third kappa shape index (κ3) is 6.75. The van der Waals surface area contributed by atoms with Gasteiger partial charge in [-0.15, -0.1) is 0 Å². The Kier molecular flexibility index (Phi) is 12.5. The number of imidazole rings is 1. The molecule has 0 radical (unpaired) electrons. The van der Waals surface area contributed by atoms with Crippen LogP contribution >= 0.6 is 0 Å². The molecule has 3 nitrogen and oxygen atoms in total. The third-order valence-electron chi connectivity index (χ3n) is 9.03. The van der Waals surface area contributed by atoms with E-state index in [9.17, 15) is 123 Å². The number of hydrogen-bond donors (Lipinski definition) is 0. The van der Waals surface area contributed by atoms with Crippen LogP contribution in [0.25, 0.3) is 22.6 Å². The molecule has 378 valence electrons. The number of aromatic nitrogens is 3. The van der Waals surface area contributed by atoms with Gasteiger partial charge in [0.1, 0.15) is 5.69 Å². The van der Waals surface area contributed by atoms with E-state index in [1.54, 1.807) is 0 Å². The molecule has 0 spiro atoms. The van der Waals surface area contributed by atoms with E-state index in [1.807, 2.05) is 0 Å². The van der Waals surface area contributed by atoms with Crippen molar-refractivity contribution in [2.45, 2.75) is 95.3 Å². The Hall–Kier alpha value is -4.54. The summed E-state index contributed by atoms with van der Waals surface area (Å²) in [7, 11) is 0.109. The maximum absolute atomic E-state index is 15.7. The maximum atomic E-state index is 15.7. The highest BCUT2D eigenvalue weighted by molar-refractivity contribution is 5.85. The molecule has 1 aromatic carbocycles. The Morgan fingerprint density at radius 1 is 0.379 bits per heavy atom. The minimum absolute atomic E-state index is 0.109. The molecule has 0 amide bonds. The Morgan fingerprint density at radius 2 is 0.697 bits per heavy atom. The van der Waals surface area contributed by atoms with Crippen molar-refractivity contribution in [1.29, 1.82) is 0 Å². The summed E-state index contributed by atoms with van der Waals surface area (Å²) in [6, 6.07) is -1.24. The molecule has 0 saturated carbocycles. The predicted molar refractivity (Wildman–Crippen MR) is 143 cm³/mol. The Labute approximate surface area is 337 Å². The maximum Gasteiger partial charge on any atom is 0.460 e. The molecule has 0 fully saturated rings. The Morgan fingerprint density at radius 3 is 1.02 bits per heavy atom. The topological polar surface area (TPSA) is 30.7 Å². The van der Waals surface area contributed by atoms with Crippen LogP contribution in [0.4, 0.5) is 149 Å². The van der Waals surface area contributed by atoms with Gasteiger partial charge in [-0.3, -0.25) is 4.98 Å². The second kappa shape index (κ2) is 14.7. The first-order valence-corrected chi connectivity index (χ1v) is 15.4. The number of aryl methyl sites for hydroxylation is 1. The molecular weight excluding hydrogens is 1040 g/mol. The summed E-state index contributed by atoms with van der Waals surface area (Å²) in [4.78, 5) is 6.15. The first kappa shape index (κ1) is 55.8. The van der Waals surface area contributed by atoms with Gasteiger partial charge in [0.05, 0.1) is 16.6 Å². The van der Waals surface area contributed by atoms with Crippen LogP contribution in [0.2, 0.25) is 0 Å². The number of halogens is 34. The van der Waals surface area contributed by atoms with E-state index >= 15 is 26.3 Å². The number of pyridine rings is 1. The van der Waals surface area contributed by atoms with Gasteiger partial charge in [0, 0.05) is 18.8 Å². The molecule has 2 aromatic heterocycles. The highest BCUT2D eigenvalue weighted by Gasteiger charge is 2.97. The van der Waals surface area contributed by atoms with Gasteiger partial charge in [-0.2, -0.15) is 149 Å². The molecule has 0 aliphatic heterocycles. The Bertz CT molecular complexity index is 2280. The number of nitrogens with zero attached hydrogens (tertiary/aromatic N) is 3. The number of hydrogen-bond acceptors (Lipinski definition) is 2. The minimum atomic E-state index is -9.44. The summed E-state index contributed by atoms with van der Waals surface area (Å²) in [5.41, 5.74) is -14.0. The van der Waals surface area contributed by atoms with Gasteiger partial charge in [0.2, 0.25) is 0 Å². The monoisotopic (exact) mass is 1050 g/mol. The fourth-order valence-electron chi connectivity index (χ4n) is 5.11. The lowest BCUT2D eigenvalue weighted by atomic mass is 9.84. The zero-order valence-electron chi connectivity index (χ0n) is 29.7. The number of rotatable bonds is 15. The van der Waals surface area contributed by atoms with Gasteiger partial charge in [0.15, 0.2) is 5.82 Å². The summed E-state index contributed by atoms with van der Waals surface area (Å²) >= 11 is 0. The molecule has 0 atom stereocenters. The fourth-order valence-corrected chi connectivity index (χ4v) is 5.11. The molecule has 0 unspecified atom stereocenters. The molecule has 0 aliphatic rings. The van der Waals surface area contributed by atoms with Crippen LogP contribution in [-0.4, -0.2) is 98.0 Å². The molecule has 0 saturated heterocycles. The number of benzene rings is 1. The average Bonchev–Trinajstić information content (AvgIpc) is 3.48. The van der Waals surface area contributed by atoms with Gasteiger partial charge in [0.25, 0.3) is 0 Å². The first-order valence-electron chi connectivity index (χ1n) is 15.4. The molecule has 0 bridgehead atoms. The van der Waals surface area contributed by atoms with Crippen molar-refractivity contribution in [3.8, 4) is 11.5 Å². The van der Waals surface area contributed by atoms with Gasteiger partial charge in [-0.25, -0.2) is 4.98 Å². The van der Waals surface area contributed by atoms with Crippen molar-refractivity contribution < 1.29 is 149 Å². The average molecular weight is 1050 g/mol. The molecule has 37 heteroatoms. The molecule has 0 aliphatic carbocycles. The SMILES string of the molecule is Cn1c(-c2ccccn2)nc2c(C(F)(F)C(F)(F)C(F)(F)C(F)(F)C(F)(F)C(F)(F)C(F)(F)C(F)(F)F)cc(C(F)(F)C(F)(F)C(F)(F)C(F)(F)C(F)(F)C(F)(F)C(F)(F)C(F)(F)F)cc21. The quantitative estimate of drug-likeness (QED) is 0.142. The van der Waals surface area contributed by atoms with Crippen LogP contribution in [0.3, 0.4) is 0 Å². The van der Waals surface area contributed by atoms with E-state index in [0.29, 0.717) is 12.3 Å². The highest BCUT2D eigenvalue weighted by Crippen LogP contribution is 2.68. The van der Waals surface area contributed by atoms with Crippen molar-refractivity contribution in [1.82, 2.24) is 14.5 Å². The molecule has 2 heterocycles. The Balaban J connectivity index is 2.51. The zero-order chi connectivity index (χ0) is 52.7. The van der Waals surface area contributed by atoms with E-state index in [0.717, 1.165) is 12.1 Å². The second-order valence-electron chi connectivity index (χ2n) is 13.1. The molecule has 0 N–H and O–H groups in total. The zero-order valence-corrected chi connectivity index (χ0v) is 29.7. The van der Waals surface area contributed by atoms with Gasteiger partial charge in [-0.05, 0) is 24.3 Å². The van der Waals surface area contributed by atoms with Crippen molar-refractivity contribution in [2.24, 2.45) is 7.05 Å². The molecular formula is C29H9F34N3. The van der Waals surface area contributed by atoms with E-state index in [1.165, 1.54) is 0 Å².